The van der Waals surface area contributed by atoms with Gasteiger partial charge in [0.25, 0.3) is 5.91 Å². The summed E-state index contributed by atoms with van der Waals surface area (Å²) in [5, 5.41) is 2.08. The molecule has 1 aliphatic rings. The van der Waals surface area contributed by atoms with E-state index in [1.54, 1.807) is 28.4 Å². The number of halogens is 1. The van der Waals surface area contributed by atoms with Crippen LogP contribution in [0.15, 0.2) is 41.8 Å². The van der Waals surface area contributed by atoms with Gasteiger partial charge in [0.05, 0.1) is 0 Å². The molecular formula is C17H19FN2O2S. The molecule has 0 saturated carbocycles. The first-order valence-corrected chi connectivity index (χ1v) is 8.50. The van der Waals surface area contributed by atoms with E-state index in [1.165, 1.54) is 17.0 Å². The lowest BCUT2D eigenvalue weighted by Gasteiger charge is -2.34. The molecule has 0 spiro atoms. The van der Waals surface area contributed by atoms with Crippen LogP contribution in [0.4, 0.5) is 4.39 Å². The first kappa shape index (κ1) is 16.0. The molecule has 3 rings (SSSR count). The van der Waals surface area contributed by atoms with Crippen molar-refractivity contribution in [1.29, 1.82) is 0 Å². The molecule has 122 valence electrons. The van der Waals surface area contributed by atoms with Crippen LogP contribution in [0, 0.1) is 5.82 Å². The number of carbonyl (C=O) groups is 1. The van der Waals surface area contributed by atoms with E-state index in [4.69, 9.17) is 4.74 Å². The summed E-state index contributed by atoms with van der Waals surface area (Å²) < 4.78 is 18.7. The number of carbonyl (C=O) groups excluding carboxylic acids is 1. The van der Waals surface area contributed by atoms with Gasteiger partial charge in [0.1, 0.15) is 0 Å². The Balaban J connectivity index is 1.44. The second kappa shape index (κ2) is 7.57. The Morgan fingerprint density at radius 1 is 1.13 bits per heavy atom. The van der Waals surface area contributed by atoms with Crippen LogP contribution in [-0.2, 0) is 11.3 Å². The van der Waals surface area contributed by atoms with Crippen LogP contribution >= 0.6 is 11.3 Å². The van der Waals surface area contributed by atoms with E-state index in [-0.39, 0.29) is 18.3 Å². The fraction of sp³-hybridized carbons (Fsp3) is 0.353. The highest BCUT2D eigenvalue weighted by atomic mass is 32.1. The molecule has 0 radical (unpaired) electrons. The number of piperazine rings is 1. The van der Waals surface area contributed by atoms with Gasteiger partial charge in [-0.15, -0.1) is 11.3 Å². The van der Waals surface area contributed by atoms with Gasteiger partial charge in [-0.3, -0.25) is 9.69 Å². The summed E-state index contributed by atoms with van der Waals surface area (Å²) in [6.45, 7) is 3.89. The fourth-order valence-electron chi connectivity index (χ4n) is 2.57. The molecular weight excluding hydrogens is 315 g/mol. The molecule has 1 aromatic carbocycles. The molecule has 1 aliphatic heterocycles. The van der Waals surface area contributed by atoms with Crippen molar-refractivity contribution in [2.45, 2.75) is 6.54 Å². The van der Waals surface area contributed by atoms with Crippen molar-refractivity contribution in [3.05, 3.63) is 52.5 Å². The normalized spacial score (nSPS) is 15.6. The molecule has 0 unspecified atom stereocenters. The summed E-state index contributed by atoms with van der Waals surface area (Å²) in [4.78, 5) is 17.6. The van der Waals surface area contributed by atoms with Crippen molar-refractivity contribution in [2.75, 3.05) is 32.8 Å². The van der Waals surface area contributed by atoms with Crippen molar-refractivity contribution in [1.82, 2.24) is 9.80 Å². The van der Waals surface area contributed by atoms with E-state index in [9.17, 15) is 9.18 Å². The summed E-state index contributed by atoms with van der Waals surface area (Å²) >= 11 is 1.75. The Morgan fingerprint density at radius 3 is 2.61 bits per heavy atom. The maximum Gasteiger partial charge on any atom is 0.260 e. The van der Waals surface area contributed by atoms with E-state index in [2.05, 4.69) is 22.4 Å². The highest BCUT2D eigenvalue weighted by Crippen LogP contribution is 2.16. The lowest BCUT2D eigenvalue weighted by molar-refractivity contribution is -0.135. The Kier molecular flexibility index (Phi) is 5.25. The van der Waals surface area contributed by atoms with Gasteiger partial charge in [0, 0.05) is 37.6 Å². The molecule has 1 aromatic heterocycles. The first-order chi connectivity index (χ1) is 11.2. The number of hydrogen-bond donors (Lipinski definition) is 0. The number of para-hydroxylation sites is 1. The average molecular weight is 334 g/mol. The third kappa shape index (κ3) is 4.30. The Morgan fingerprint density at radius 2 is 1.91 bits per heavy atom. The van der Waals surface area contributed by atoms with Crippen molar-refractivity contribution in [2.24, 2.45) is 0 Å². The van der Waals surface area contributed by atoms with Crippen LogP contribution < -0.4 is 4.74 Å². The number of amides is 1. The van der Waals surface area contributed by atoms with Crippen LogP contribution in [0.1, 0.15) is 4.88 Å². The van der Waals surface area contributed by atoms with Gasteiger partial charge in [-0.05, 0) is 23.6 Å². The SMILES string of the molecule is O=C(COc1ccccc1F)N1CCN(Cc2cccs2)CC1. The molecule has 4 nitrogen and oxygen atoms in total. The van der Waals surface area contributed by atoms with E-state index in [0.717, 1.165) is 19.6 Å². The number of thiophene rings is 1. The van der Waals surface area contributed by atoms with Crippen molar-refractivity contribution in [3.63, 3.8) is 0 Å². The fourth-order valence-corrected chi connectivity index (χ4v) is 3.32. The predicted molar refractivity (Wildman–Crippen MR) is 88.1 cm³/mol. The zero-order chi connectivity index (χ0) is 16.1. The van der Waals surface area contributed by atoms with Crippen LogP contribution in [-0.4, -0.2) is 48.5 Å². The van der Waals surface area contributed by atoms with Crippen LogP contribution in [0.5, 0.6) is 5.75 Å². The summed E-state index contributed by atoms with van der Waals surface area (Å²) in [6, 6.07) is 10.3. The minimum atomic E-state index is -0.443. The minimum absolute atomic E-state index is 0.0935. The molecule has 6 heteroatoms. The van der Waals surface area contributed by atoms with Crippen molar-refractivity contribution < 1.29 is 13.9 Å². The van der Waals surface area contributed by atoms with Gasteiger partial charge in [-0.1, -0.05) is 18.2 Å². The topological polar surface area (TPSA) is 32.8 Å². The summed E-state index contributed by atoms with van der Waals surface area (Å²) in [7, 11) is 0. The molecule has 2 heterocycles. The minimum Gasteiger partial charge on any atom is -0.481 e. The highest BCUT2D eigenvalue weighted by Gasteiger charge is 2.21. The van der Waals surface area contributed by atoms with E-state index >= 15 is 0 Å². The Hall–Kier alpha value is -1.92. The summed E-state index contributed by atoms with van der Waals surface area (Å²) in [6.07, 6.45) is 0. The third-order valence-corrected chi connectivity index (χ3v) is 4.73. The second-order valence-corrected chi connectivity index (χ2v) is 6.49. The standard InChI is InChI=1S/C17H19FN2O2S/c18-15-5-1-2-6-16(15)22-13-17(21)20-9-7-19(8-10-20)12-14-4-3-11-23-14/h1-6,11H,7-10,12-13H2. The van der Waals surface area contributed by atoms with Gasteiger partial charge in [0.15, 0.2) is 18.2 Å². The van der Waals surface area contributed by atoms with E-state index in [0.29, 0.717) is 13.1 Å². The number of benzene rings is 1. The zero-order valence-electron chi connectivity index (χ0n) is 12.8. The van der Waals surface area contributed by atoms with Gasteiger partial charge in [-0.25, -0.2) is 4.39 Å². The summed E-state index contributed by atoms with van der Waals surface area (Å²) in [5.41, 5.74) is 0. The molecule has 0 atom stereocenters. The summed E-state index contributed by atoms with van der Waals surface area (Å²) in [5.74, 6) is -0.415. The second-order valence-electron chi connectivity index (χ2n) is 5.46. The molecule has 23 heavy (non-hydrogen) atoms. The van der Waals surface area contributed by atoms with Gasteiger partial charge in [0.2, 0.25) is 0 Å². The quantitative estimate of drug-likeness (QED) is 0.843. The molecule has 1 fully saturated rings. The lowest BCUT2D eigenvalue weighted by Crippen LogP contribution is -2.49. The number of nitrogens with zero attached hydrogens (tertiary/aromatic N) is 2. The van der Waals surface area contributed by atoms with Gasteiger partial charge in [-0.2, -0.15) is 0 Å². The molecule has 1 amide bonds. The number of ether oxygens (including phenoxy) is 1. The smallest absolute Gasteiger partial charge is 0.260 e. The van der Waals surface area contributed by atoms with Crippen LogP contribution in [0.2, 0.25) is 0 Å². The molecule has 0 aliphatic carbocycles. The van der Waals surface area contributed by atoms with Gasteiger partial charge < -0.3 is 9.64 Å². The van der Waals surface area contributed by atoms with E-state index < -0.39 is 5.82 Å². The van der Waals surface area contributed by atoms with Crippen LogP contribution in [0.3, 0.4) is 0 Å². The number of hydrogen-bond acceptors (Lipinski definition) is 4. The van der Waals surface area contributed by atoms with E-state index in [1.807, 2.05) is 0 Å². The maximum atomic E-state index is 13.5. The molecule has 0 N–H and O–H groups in total. The Bertz CT molecular complexity index is 640. The zero-order valence-corrected chi connectivity index (χ0v) is 13.6. The lowest BCUT2D eigenvalue weighted by atomic mass is 10.3. The van der Waals surface area contributed by atoms with Crippen molar-refractivity contribution >= 4 is 17.2 Å². The monoisotopic (exact) mass is 334 g/mol. The third-order valence-electron chi connectivity index (χ3n) is 3.87. The predicted octanol–water partition coefficient (Wildman–Crippen LogP) is 2.61. The van der Waals surface area contributed by atoms with Gasteiger partial charge >= 0.3 is 0 Å². The average Bonchev–Trinajstić information content (AvgIpc) is 3.07. The molecule has 2 aromatic rings. The Labute approximate surface area is 139 Å². The molecule has 1 saturated heterocycles. The number of rotatable bonds is 5. The molecule has 0 bridgehead atoms. The van der Waals surface area contributed by atoms with Crippen LogP contribution in [0.25, 0.3) is 0 Å². The maximum absolute atomic E-state index is 13.5. The highest BCUT2D eigenvalue weighted by molar-refractivity contribution is 7.09. The largest absolute Gasteiger partial charge is 0.481 e. The first-order valence-electron chi connectivity index (χ1n) is 7.62. The van der Waals surface area contributed by atoms with Crippen molar-refractivity contribution in [3.8, 4) is 5.75 Å².